The van der Waals surface area contributed by atoms with Gasteiger partial charge in [-0.1, -0.05) is 6.07 Å². The third-order valence-electron chi connectivity index (χ3n) is 2.73. The maximum atomic E-state index is 11.9. The number of ketones is 1. The van der Waals surface area contributed by atoms with Gasteiger partial charge in [-0.25, -0.2) is 4.98 Å². The van der Waals surface area contributed by atoms with Crippen LogP contribution in [0.5, 0.6) is 5.75 Å². The molecule has 0 aliphatic carbocycles. The largest absolute Gasteiger partial charge is 0.497 e. The van der Waals surface area contributed by atoms with E-state index < -0.39 is 0 Å². The molecule has 4 nitrogen and oxygen atoms in total. The van der Waals surface area contributed by atoms with Gasteiger partial charge in [0.25, 0.3) is 0 Å². The van der Waals surface area contributed by atoms with Gasteiger partial charge in [-0.15, -0.1) is 0 Å². The Hall–Kier alpha value is -2.62. The summed E-state index contributed by atoms with van der Waals surface area (Å²) in [5, 5.41) is 2.97. The number of carbonyl (C=O) groups excluding carboxylic acids is 1. The van der Waals surface area contributed by atoms with E-state index >= 15 is 0 Å². The Kier molecular flexibility index (Phi) is 4.50. The first-order valence-corrected chi connectivity index (χ1v) is 6.24. The first kappa shape index (κ1) is 13.8. The van der Waals surface area contributed by atoms with E-state index in [1.54, 1.807) is 37.6 Å². The molecule has 0 radical (unpaired) electrons. The molecule has 0 amide bonds. The van der Waals surface area contributed by atoms with E-state index in [1.165, 1.54) is 6.08 Å². The number of hydrogen-bond acceptors (Lipinski definition) is 4. The summed E-state index contributed by atoms with van der Waals surface area (Å²) < 4.78 is 5.05. The van der Waals surface area contributed by atoms with Crippen LogP contribution in [0.1, 0.15) is 16.1 Å². The van der Waals surface area contributed by atoms with Crippen molar-refractivity contribution in [2.75, 3.05) is 12.4 Å². The normalized spacial score (nSPS) is 10.5. The summed E-state index contributed by atoms with van der Waals surface area (Å²) in [7, 11) is 1.59. The summed E-state index contributed by atoms with van der Waals surface area (Å²) in [5.41, 5.74) is 1.53. The fraction of sp³-hybridized carbons (Fsp3) is 0.125. The molecule has 4 heteroatoms. The molecule has 102 valence electrons. The summed E-state index contributed by atoms with van der Waals surface area (Å²) in [6.07, 6.45) is 3.07. The van der Waals surface area contributed by atoms with Crippen LogP contribution in [0.15, 0.2) is 54.7 Å². The van der Waals surface area contributed by atoms with Crippen molar-refractivity contribution in [1.82, 2.24) is 4.98 Å². The number of aryl methyl sites for hydroxylation is 1. The number of carbonyl (C=O) groups is 1. The van der Waals surface area contributed by atoms with Crippen LogP contribution in [0.2, 0.25) is 0 Å². The predicted molar refractivity (Wildman–Crippen MR) is 79.1 cm³/mol. The number of ether oxygens (including phenoxy) is 1. The molecule has 1 aromatic heterocycles. The van der Waals surface area contributed by atoms with Crippen molar-refractivity contribution < 1.29 is 9.53 Å². The van der Waals surface area contributed by atoms with Gasteiger partial charge >= 0.3 is 0 Å². The van der Waals surface area contributed by atoms with Gasteiger partial charge in [0.2, 0.25) is 0 Å². The van der Waals surface area contributed by atoms with Gasteiger partial charge in [-0.05, 0) is 43.3 Å². The van der Waals surface area contributed by atoms with Crippen molar-refractivity contribution >= 4 is 11.6 Å². The number of allylic oxidation sites excluding steroid dienone is 1. The quantitative estimate of drug-likeness (QED) is 0.668. The number of pyridine rings is 1. The number of methoxy groups -OCH3 is 1. The number of rotatable bonds is 5. The zero-order valence-corrected chi connectivity index (χ0v) is 11.5. The van der Waals surface area contributed by atoms with Crippen molar-refractivity contribution in [3.05, 3.63) is 66.0 Å². The van der Waals surface area contributed by atoms with Crippen molar-refractivity contribution in [2.24, 2.45) is 0 Å². The SMILES string of the molecule is COc1ccc(C(=O)/C=C/Nc2cccc(C)n2)cc1. The summed E-state index contributed by atoms with van der Waals surface area (Å²) in [4.78, 5) is 16.2. The van der Waals surface area contributed by atoms with Gasteiger partial charge in [0.1, 0.15) is 11.6 Å². The Labute approximate surface area is 118 Å². The van der Waals surface area contributed by atoms with Crippen molar-refractivity contribution in [3.8, 4) is 5.75 Å². The molecule has 0 atom stereocenters. The Morgan fingerprint density at radius 2 is 1.95 bits per heavy atom. The van der Waals surface area contributed by atoms with E-state index in [0.29, 0.717) is 11.4 Å². The van der Waals surface area contributed by atoms with Gasteiger partial charge in [0, 0.05) is 23.5 Å². The second kappa shape index (κ2) is 6.52. The second-order valence-electron chi connectivity index (χ2n) is 4.23. The van der Waals surface area contributed by atoms with Crippen LogP contribution in [0.4, 0.5) is 5.82 Å². The van der Waals surface area contributed by atoms with E-state index in [2.05, 4.69) is 10.3 Å². The van der Waals surface area contributed by atoms with E-state index in [-0.39, 0.29) is 5.78 Å². The Balaban J connectivity index is 1.98. The molecule has 0 bridgehead atoms. The Bertz CT molecular complexity index is 619. The molecule has 1 heterocycles. The number of aromatic nitrogens is 1. The molecule has 2 rings (SSSR count). The van der Waals surface area contributed by atoms with Crippen molar-refractivity contribution in [2.45, 2.75) is 6.92 Å². The molecule has 0 saturated heterocycles. The molecule has 1 N–H and O–H groups in total. The average Bonchev–Trinajstić information content (AvgIpc) is 2.47. The fourth-order valence-electron chi connectivity index (χ4n) is 1.68. The highest BCUT2D eigenvalue weighted by atomic mass is 16.5. The number of anilines is 1. The maximum absolute atomic E-state index is 11.9. The lowest BCUT2D eigenvalue weighted by atomic mass is 10.1. The topological polar surface area (TPSA) is 51.2 Å². The second-order valence-corrected chi connectivity index (χ2v) is 4.23. The number of benzene rings is 1. The number of nitrogens with one attached hydrogen (secondary N) is 1. The molecule has 0 unspecified atom stereocenters. The minimum absolute atomic E-state index is 0.0761. The van der Waals surface area contributed by atoms with E-state index in [1.807, 2.05) is 25.1 Å². The zero-order chi connectivity index (χ0) is 14.4. The first-order chi connectivity index (χ1) is 9.69. The van der Waals surface area contributed by atoms with Crippen LogP contribution < -0.4 is 10.1 Å². The van der Waals surface area contributed by atoms with Gasteiger partial charge < -0.3 is 10.1 Å². The molecule has 0 saturated carbocycles. The van der Waals surface area contributed by atoms with Crippen molar-refractivity contribution in [3.63, 3.8) is 0 Å². The smallest absolute Gasteiger partial charge is 0.187 e. The Morgan fingerprint density at radius 1 is 1.20 bits per heavy atom. The lowest BCUT2D eigenvalue weighted by Crippen LogP contribution is -1.97. The third-order valence-corrected chi connectivity index (χ3v) is 2.73. The Morgan fingerprint density at radius 3 is 2.60 bits per heavy atom. The van der Waals surface area contributed by atoms with Gasteiger partial charge in [0.15, 0.2) is 5.78 Å². The minimum atomic E-state index is -0.0761. The average molecular weight is 268 g/mol. The molecule has 2 aromatic rings. The summed E-state index contributed by atoms with van der Waals surface area (Å²) >= 11 is 0. The van der Waals surface area contributed by atoms with Crippen LogP contribution in [0.3, 0.4) is 0 Å². The molecular weight excluding hydrogens is 252 g/mol. The summed E-state index contributed by atoms with van der Waals surface area (Å²) in [6, 6.07) is 12.6. The van der Waals surface area contributed by atoms with Crippen LogP contribution in [0, 0.1) is 6.92 Å². The van der Waals surface area contributed by atoms with E-state index in [0.717, 1.165) is 11.4 Å². The van der Waals surface area contributed by atoms with E-state index in [4.69, 9.17) is 4.74 Å². The maximum Gasteiger partial charge on any atom is 0.187 e. The highest BCUT2D eigenvalue weighted by molar-refractivity contribution is 6.04. The lowest BCUT2D eigenvalue weighted by molar-refractivity contribution is 0.104. The van der Waals surface area contributed by atoms with Gasteiger partial charge in [0.05, 0.1) is 7.11 Å². The van der Waals surface area contributed by atoms with Crippen LogP contribution in [-0.4, -0.2) is 17.9 Å². The molecule has 0 spiro atoms. The molecule has 1 aromatic carbocycles. The number of nitrogens with zero attached hydrogens (tertiary/aromatic N) is 1. The van der Waals surface area contributed by atoms with Gasteiger partial charge in [-0.2, -0.15) is 0 Å². The zero-order valence-electron chi connectivity index (χ0n) is 11.5. The van der Waals surface area contributed by atoms with Crippen molar-refractivity contribution in [1.29, 1.82) is 0 Å². The van der Waals surface area contributed by atoms with E-state index in [9.17, 15) is 4.79 Å². The summed E-state index contributed by atoms with van der Waals surface area (Å²) in [6.45, 7) is 1.91. The molecule has 20 heavy (non-hydrogen) atoms. The number of hydrogen-bond donors (Lipinski definition) is 1. The third kappa shape index (κ3) is 3.68. The lowest BCUT2D eigenvalue weighted by Gasteiger charge is -2.01. The summed E-state index contributed by atoms with van der Waals surface area (Å²) in [5.74, 6) is 1.37. The highest BCUT2D eigenvalue weighted by Crippen LogP contribution is 2.12. The van der Waals surface area contributed by atoms with Gasteiger partial charge in [-0.3, -0.25) is 4.79 Å². The standard InChI is InChI=1S/C16H16N2O2/c1-12-4-3-5-16(18-12)17-11-10-15(19)13-6-8-14(20-2)9-7-13/h3-11H,1-2H3,(H,17,18)/b11-10+. The predicted octanol–water partition coefficient (Wildman–Crippen LogP) is 3.21. The minimum Gasteiger partial charge on any atom is -0.497 e. The molecule has 0 aliphatic heterocycles. The van der Waals surface area contributed by atoms with Crippen LogP contribution >= 0.6 is 0 Å². The van der Waals surface area contributed by atoms with Crippen LogP contribution in [0.25, 0.3) is 0 Å². The molecular formula is C16H16N2O2. The fourth-order valence-corrected chi connectivity index (χ4v) is 1.68. The first-order valence-electron chi connectivity index (χ1n) is 6.24. The monoisotopic (exact) mass is 268 g/mol. The van der Waals surface area contributed by atoms with Crippen LogP contribution in [-0.2, 0) is 0 Å². The highest BCUT2D eigenvalue weighted by Gasteiger charge is 2.01. The molecule has 0 fully saturated rings. The molecule has 0 aliphatic rings.